The molecule has 1 saturated carbocycles. The summed E-state index contributed by atoms with van der Waals surface area (Å²) >= 11 is 1.85. The number of carbonyl (C=O) groups excluding carboxylic acids is 1. The Balaban J connectivity index is 1.24. The summed E-state index contributed by atoms with van der Waals surface area (Å²) in [4.78, 5) is 30.2. The largest absolute Gasteiger partial charge is 0.331 e. The maximum absolute atomic E-state index is 13.5. The molecule has 1 aromatic carbocycles. The van der Waals surface area contributed by atoms with E-state index < -0.39 is 0 Å². The highest BCUT2D eigenvalue weighted by atomic mass is 32.1. The van der Waals surface area contributed by atoms with Crippen LogP contribution in [-0.2, 0) is 17.9 Å². The minimum atomic E-state index is -0.00564. The van der Waals surface area contributed by atoms with Gasteiger partial charge in [0.15, 0.2) is 0 Å². The molecule has 1 aliphatic carbocycles. The van der Waals surface area contributed by atoms with Crippen LogP contribution in [0.2, 0.25) is 0 Å². The van der Waals surface area contributed by atoms with Crippen LogP contribution >= 0.6 is 11.3 Å². The molecule has 5 nitrogen and oxygen atoms in total. The second-order valence-electron chi connectivity index (χ2n) is 10.0. The number of benzene rings is 1. The van der Waals surface area contributed by atoms with Crippen molar-refractivity contribution < 1.29 is 4.79 Å². The number of thiophene rings is 1. The normalized spacial score (nSPS) is 24.2. The Morgan fingerprint density at radius 3 is 2.61 bits per heavy atom. The SMILES string of the molecule is Cc1nc(CN2C(=O)C3CCC2CN3Cc2ccccc2)c2cc(C3CCCCC3)sc2n1. The van der Waals surface area contributed by atoms with Gasteiger partial charge in [-0.1, -0.05) is 49.6 Å². The first-order valence-electron chi connectivity index (χ1n) is 12.5. The molecular formula is C27H32N4OS. The molecule has 0 N–H and O–H groups in total. The van der Waals surface area contributed by atoms with Crippen LogP contribution in [0.5, 0.6) is 0 Å². The quantitative estimate of drug-likeness (QED) is 0.510. The number of fused-ring (bicyclic) bond motifs is 4. The fraction of sp³-hybridized carbons (Fsp3) is 0.519. The predicted molar refractivity (Wildman–Crippen MR) is 132 cm³/mol. The first kappa shape index (κ1) is 21.2. The van der Waals surface area contributed by atoms with Gasteiger partial charge in [0.05, 0.1) is 18.3 Å². The van der Waals surface area contributed by atoms with E-state index in [2.05, 4.69) is 40.1 Å². The summed E-state index contributed by atoms with van der Waals surface area (Å²) in [6, 6.07) is 13.1. The van der Waals surface area contributed by atoms with E-state index in [1.807, 2.05) is 24.3 Å². The number of amides is 1. The van der Waals surface area contributed by atoms with Crippen molar-refractivity contribution >= 4 is 27.5 Å². The monoisotopic (exact) mass is 460 g/mol. The highest BCUT2D eigenvalue weighted by Gasteiger charge is 2.45. The number of aromatic nitrogens is 2. The van der Waals surface area contributed by atoms with Gasteiger partial charge in [-0.05, 0) is 50.2 Å². The maximum Gasteiger partial charge on any atom is 0.240 e. The van der Waals surface area contributed by atoms with Crippen molar-refractivity contribution in [3.8, 4) is 0 Å². The van der Waals surface area contributed by atoms with Gasteiger partial charge in [0.1, 0.15) is 10.7 Å². The molecule has 3 aromatic rings. The zero-order chi connectivity index (χ0) is 22.4. The van der Waals surface area contributed by atoms with Crippen LogP contribution in [0.25, 0.3) is 10.2 Å². The Hall–Kier alpha value is -2.31. The van der Waals surface area contributed by atoms with Crippen LogP contribution in [0.4, 0.5) is 0 Å². The number of carbonyl (C=O) groups is 1. The van der Waals surface area contributed by atoms with Crippen LogP contribution < -0.4 is 0 Å². The highest BCUT2D eigenvalue weighted by molar-refractivity contribution is 7.18. The third kappa shape index (κ3) is 4.08. The molecule has 6 heteroatoms. The molecule has 33 heavy (non-hydrogen) atoms. The van der Waals surface area contributed by atoms with Gasteiger partial charge in [0.25, 0.3) is 0 Å². The van der Waals surface area contributed by atoms with Gasteiger partial charge < -0.3 is 4.90 Å². The molecule has 1 amide bonds. The van der Waals surface area contributed by atoms with Crippen molar-refractivity contribution in [3.63, 3.8) is 0 Å². The van der Waals surface area contributed by atoms with E-state index in [4.69, 9.17) is 9.97 Å². The van der Waals surface area contributed by atoms with Gasteiger partial charge >= 0.3 is 0 Å². The Bertz CT molecular complexity index is 1150. The molecule has 0 spiro atoms. The number of hydrogen-bond donors (Lipinski definition) is 0. The number of rotatable bonds is 5. The first-order chi connectivity index (χ1) is 16.2. The minimum Gasteiger partial charge on any atom is -0.331 e. The molecular weight excluding hydrogens is 428 g/mol. The molecule has 0 radical (unpaired) electrons. The van der Waals surface area contributed by atoms with E-state index in [9.17, 15) is 4.79 Å². The van der Waals surface area contributed by atoms with Gasteiger partial charge in [-0.3, -0.25) is 9.69 Å². The second kappa shape index (κ2) is 8.80. The molecule has 4 fully saturated rings. The van der Waals surface area contributed by atoms with Crippen LogP contribution in [0.1, 0.15) is 72.8 Å². The molecule has 2 unspecified atom stereocenters. The predicted octanol–water partition coefficient (Wildman–Crippen LogP) is 5.42. The fourth-order valence-electron chi connectivity index (χ4n) is 6.11. The van der Waals surface area contributed by atoms with E-state index in [1.165, 1.54) is 47.9 Å². The number of piperazine rings is 1. The molecule has 172 valence electrons. The lowest BCUT2D eigenvalue weighted by molar-refractivity contribution is -0.154. The van der Waals surface area contributed by atoms with Crippen molar-refractivity contribution in [2.75, 3.05) is 6.54 Å². The van der Waals surface area contributed by atoms with Crippen LogP contribution in [0.15, 0.2) is 36.4 Å². The lowest BCUT2D eigenvalue weighted by atomic mass is 9.88. The lowest BCUT2D eigenvalue weighted by Gasteiger charge is -2.50. The molecule has 3 saturated heterocycles. The smallest absolute Gasteiger partial charge is 0.240 e. The topological polar surface area (TPSA) is 49.3 Å². The number of nitrogens with zero attached hydrogens (tertiary/aromatic N) is 4. The van der Waals surface area contributed by atoms with Gasteiger partial charge in [0, 0.05) is 29.4 Å². The van der Waals surface area contributed by atoms with E-state index in [1.54, 1.807) is 0 Å². The summed E-state index contributed by atoms with van der Waals surface area (Å²) in [7, 11) is 0. The summed E-state index contributed by atoms with van der Waals surface area (Å²) in [5.41, 5.74) is 2.32. The maximum atomic E-state index is 13.5. The van der Waals surface area contributed by atoms with Crippen molar-refractivity contribution in [2.45, 2.75) is 83.0 Å². The summed E-state index contributed by atoms with van der Waals surface area (Å²) in [6.45, 7) is 4.40. The fourth-order valence-corrected chi connectivity index (χ4v) is 7.38. The molecule has 5 heterocycles. The highest BCUT2D eigenvalue weighted by Crippen LogP contribution is 2.40. The molecule has 2 atom stereocenters. The average molecular weight is 461 g/mol. The molecule has 7 rings (SSSR count). The third-order valence-corrected chi connectivity index (χ3v) is 9.02. The van der Waals surface area contributed by atoms with E-state index >= 15 is 0 Å². The number of hydrogen-bond acceptors (Lipinski definition) is 5. The van der Waals surface area contributed by atoms with Crippen LogP contribution in [0, 0.1) is 6.92 Å². The van der Waals surface area contributed by atoms with Gasteiger partial charge in [-0.15, -0.1) is 11.3 Å². The van der Waals surface area contributed by atoms with Crippen LogP contribution in [0.3, 0.4) is 0 Å². The van der Waals surface area contributed by atoms with Crippen molar-refractivity contribution in [3.05, 3.63) is 58.4 Å². The standard InChI is InChI=1S/C27H32N4OS/c1-18-28-23(22-14-25(33-26(22)29-18)20-10-6-3-7-11-20)17-31-21-12-13-24(27(31)32)30(16-21)15-19-8-4-2-5-9-19/h2,4-5,8-9,14,20-21,24H,3,6-7,10-13,15-17H2,1H3. The van der Waals surface area contributed by atoms with E-state index in [0.29, 0.717) is 12.5 Å². The Kier molecular flexibility index (Phi) is 5.67. The average Bonchev–Trinajstić information content (AvgIpc) is 3.27. The Morgan fingerprint density at radius 2 is 1.82 bits per heavy atom. The molecule has 4 aliphatic rings. The molecule has 2 bridgehead atoms. The second-order valence-corrected chi connectivity index (χ2v) is 11.1. The van der Waals surface area contributed by atoms with Gasteiger partial charge in [-0.2, -0.15) is 0 Å². The van der Waals surface area contributed by atoms with Crippen molar-refractivity contribution in [2.24, 2.45) is 0 Å². The molecule has 3 aliphatic heterocycles. The van der Waals surface area contributed by atoms with Gasteiger partial charge in [0.2, 0.25) is 5.91 Å². The van der Waals surface area contributed by atoms with E-state index in [0.717, 1.165) is 42.3 Å². The Labute approximate surface area is 199 Å². The number of piperidine rings is 2. The summed E-state index contributed by atoms with van der Waals surface area (Å²) in [5.74, 6) is 1.76. The first-order valence-corrected chi connectivity index (χ1v) is 13.3. The van der Waals surface area contributed by atoms with Crippen LogP contribution in [-0.4, -0.2) is 44.3 Å². The zero-order valence-corrected chi connectivity index (χ0v) is 20.2. The Morgan fingerprint density at radius 1 is 1.00 bits per heavy atom. The van der Waals surface area contributed by atoms with E-state index in [-0.39, 0.29) is 18.0 Å². The summed E-state index contributed by atoms with van der Waals surface area (Å²) in [6.07, 6.45) is 8.68. The van der Waals surface area contributed by atoms with Crippen molar-refractivity contribution in [1.82, 2.24) is 19.8 Å². The molecule has 2 aromatic heterocycles. The summed E-state index contributed by atoms with van der Waals surface area (Å²) in [5, 5.41) is 1.17. The summed E-state index contributed by atoms with van der Waals surface area (Å²) < 4.78 is 0. The third-order valence-electron chi connectivity index (χ3n) is 7.83. The lowest BCUT2D eigenvalue weighted by Crippen LogP contribution is -2.65. The van der Waals surface area contributed by atoms with Crippen molar-refractivity contribution in [1.29, 1.82) is 0 Å². The van der Waals surface area contributed by atoms with Gasteiger partial charge in [-0.25, -0.2) is 9.97 Å². The minimum absolute atomic E-state index is 0.00564. The zero-order valence-electron chi connectivity index (χ0n) is 19.4. The number of aryl methyl sites for hydroxylation is 1.